The summed E-state index contributed by atoms with van der Waals surface area (Å²) in [5.74, 6) is -1.81. The van der Waals surface area contributed by atoms with Gasteiger partial charge in [0.15, 0.2) is 0 Å². The van der Waals surface area contributed by atoms with Crippen LogP contribution in [0.3, 0.4) is 0 Å². The van der Waals surface area contributed by atoms with Crippen LogP contribution in [0.4, 0.5) is 5.69 Å². The van der Waals surface area contributed by atoms with Gasteiger partial charge in [-0.25, -0.2) is 4.90 Å². The van der Waals surface area contributed by atoms with Crippen LogP contribution in [0, 0.1) is 6.92 Å². The fourth-order valence-electron chi connectivity index (χ4n) is 2.99. The van der Waals surface area contributed by atoms with E-state index < -0.39 is 5.97 Å². The predicted molar refractivity (Wildman–Crippen MR) is 73.5 cm³/mol. The van der Waals surface area contributed by atoms with E-state index in [1.54, 1.807) is 6.92 Å². The fourth-order valence-corrected chi connectivity index (χ4v) is 2.99. The summed E-state index contributed by atoms with van der Waals surface area (Å²) in [5.41, 5.74) is 2.29. The molecule has 3 rings (SSSR count). The summed E-state index contributed by atoms with van der Waals surface area (Å²) in [5, 5.41) is 10.9. The molecule has 0 bridgehead atoms. The number of benzene rings is 1. The van der Waals surface area contributed by atoms with E-state index in [9.17, 15) is 19.5 Å². The number of anilines is 1. The first kappa shape index (κ1) is 13.5. The largest absolute Gasteiger partial charge is 0.545 e. The molecule has 1 heterocycles. The summed E-state index contributed by atoms with van der Waals surface area (Å²) in [6, 6.07) is 4.27. The van der Waals surface area contributed by atoms with Crippen LogP contribution in [0.5, 0.6) is 0 Å². The molecule has 1 aliphatic carbocycles. The Hall–Kier alpha value is -2.43. The maximum atomic E-state index is 12.4. The molecule has 0 saturated heterocycles. The minimum Gasteiger partial charge on any atom is -0.545 e. The van der Waals surface area contributed by atoms with Crippen LogP contribution >= 0.6 is 0 Å². The van der Waals surface area contributed by atoms with Crippen molar-refractivity contribution in [3.63, 3.8) is 0 Å². The lowest BCUT2D eigenvalue weighted by Gasteiger charge is -2.18. The zero-order valence-corrected chi connectivity index (χ0v) is 11.6. The topological polar surface area (TPSA) is 77.5 Å². The molecule has 0 spiro atoms. The summed E-state index contributed by atoms with van der Waals surface area (Å²) in [7, 11) is 0. The average molecular weight is 284 g/mol. The summed E-state index contributed by atoms with van der Waals surface area (Å²) in [4.78, 5) is 36.9. The molecule has 5 nitrogen and oxygen atoms in total. The van der Waals surface area contributed by atoms with Gasteiger partial charge in [-0.05, 0) is 55.9 Å². The van der Waals surface area contributed by atoms with Gasteiger partial charge in [-0.2, -0.15) is 0 Å². The lowest BCUT2D eigenvalue weighted by Crippen LogP contribution is -2.32. The van der Waals surface area contributed by atoms with E-state index in [-0.39, 0.29) is 17.4 Å². The van der Waals surface area contributed by atoms with E-state index in [4.69, 9.17) is 0 Å². The van der Waals surface area contributed by atoms with Crippen LogP contribution in [0.1, 0.15) is 41.6 Å². The van der Waals surface area contributed by atoms with Gasteiger partial charge in [-0.3, -0.25) is 9.59 Å². The highest BCUT2D eigenvalue weighted by atomic mass is 16.4. The molecule has 0 fully saturated rings. The first-order valence-electron chi connectivity index (χ1n) is 6.93. The lowest BCUT2D eigenvalue weighted by atomic mass is 9.93. The quantitative estimate of drug-likeness (QED) is 0.762. The molecule has 0 saturated carbocycles. The lowest BCUT2D eigenvalue weighted by molar-refractivity contribution is -0.255. The molecular weight excluding hydrogens is 270 g/mol. The number of rotatable bonds is 2. The van der Waals surface area contributed by atoms with Gasteiger partial charge in [0.2, 0.25) is 0 Å². The molecule has 0 atom stereocenters. The van der Waals surface area contributed by atoms with Crippen molar-refractivity contribution in [1.29, 1.82) is 0 Å². The number of imide groups is 1. The highest BCUT2D eigenvalue weighted by molar-refractivity contribution is 6.33. The molecule has 2 amide bonds. The number of nitrogens with zero attached hydrogens (tertiary/aromatic N) is 1. The van der Waals surface area contributed by atoms with E-state index in [0.29, 0.717) is 35.2 Å². The van der Waals surface area contributed by atoms with Gasteiger partial charge in [0.1, 0.15) is 0 Å². The highest BCUT2D eigenvalue weighted by Crippen LogP contribution is 2.36. The Labute approximate surface area is 121 Å². The zero-order valence-electron chi connectivity index (χ0n) is 11.6. The van der Waals surface area contributed by atoms with Crippen LogP contribution in [-0.2, 0) is 9.59 Å². The maximum absolute atomic E-state index is 12.4. The molecule has 0 unspecified atom stereocenters. The molecule has 1 aliphatic heterocycles. The van der Waals surface area contributed by atoms with Crippen molar-refractivity contribution in [2.75, 3.05) is 4.90 Å². The maximum Gasteiger partial charge on any atom is 0.261 e. The minimum absolute atomic E-state index is 0.0352. The molecule has 2 aliphatic rings. The summed E-state index contributed by atoms with van der Waals surface area (Å²) in [6.07, 6.45) is 3.14. The standard InChI is InChI=1S/C16H15NO4/c1-9-8-10(16(20)21)6-7-13(9)17-14(18)11-4-2-3-5-12(11)15(17)19/h6-8H,2-5H2,1H3,(H,20,21)/p-1. The van der Waals surface area contributed by atoms with E-state index in [1.165, 1.54) is 23.1 Å². The van der Waals surface area contributed by atoms with Crippen molar-refractivity contribution in [3.8, 4) is 0 Å². The Morgan fingerprint density at radius 1 is 1.10 bits per heavy atom. The number of hydrogen-bond donors (Lipinski definition) is 0. The third kappa shape index (κ3) is 2.05. The number of amides is 2. The Kier molecular flexibility index (Phi) is 3.12. The zero-order chi connectivity index (χ0) is 15.1. The van der Waals surface area contributed by atoms with E-state index in [1.807, 2.05) is 0 Å². The first-order valence-corrected chi connectivity index (χ1v) is 6.93. The van der Waals surface area contributed by atoms with Crippen LogP contribution in [0.25, 0.3) is 0 Å². The van der Waals surface area contributed by atoms with Gasteiger partial charge in [0.05, 0.1) is 11.7 Å². The Balaban J connectivity index is 2.01. The van der Waals surface area contributed by atoms with Gasteiger partial charge < -0.3 is 9.90 Å². The minimum atomic E-state index is -1.28. The van der Waals surface area contributed by atoms with Crippen LogP contribution in [0.2, 0.25) is 0 Å². The first-order chi connectivity index (χ1) is 10.0. The number of hydrogen-bond acceptors (Lipinski definition) is 4. The van der Waals surface area contributed by atoms with Gasteiger partial charge in [-0.1, -0.05) is 6.07 Å². The van der Waals surface area contributed by atoms with Crippen molar-refractivity contribution in [3.05, 3.63) is 40.5 Å². The predicted octanol–water partition coefficient (Wildman–Crippen LogP) is 1.10. The average Bonchev–Trinajstić information content (AvgIpc) is 2.72. The summed E-state index contributed by atoms with van der Waals surface area (Å²) in [6.45, 7) is 1.68. The number of carboxylic acid groups (broad SMARTS) is 1. The molecule has 0 aromatic heterocycles. The van der Waals surface area contributed by atoms with Crippen molar-refractivity contribution in [2.45, 2.75) is 32.6 Å². The Bertz CT molecular complexity index is 674. The van der Waals surface area contributed by atoms with Crippen molar-refractivity contribution in [1.82, 2.24) is 0 Å². The number of aromatic carboxylic acids is 1. The van der Waals surface area contributed by atoms with Crippen LogP contribution in [-0.4, -0.2) is 17.8 Å². The van der Waals surface area contributed by atoms with Gasteiger partial charge in [0, 0.05) is 11.1 Å². The van der Waals surface area contributed by atoms with Crippen LogP contribution in [0.15, 0.2) is 29.3 Å². The third-order valence-electron chi connectivity index (χ3n) is 4.06. The monoisotopic (exact) mass is 284 g/mol. The molecule has 1 aromatic rings. The Morgan fingerprint density at radius 2 is 1.67 bits per heavy atom. The molecule has 5 heteroatoms. The second-order valence-corrected chi connectivity index (χ2v) is 5.40. The normalized spacial score (nSPS) is 18.2. The second-order valence-electron chi connectivity index (χ2n) is 5.40. The molecule has 1 aromatic carbocycles. The van der Waals surface area contributed by atoms with E-state index in [2.05, 4.69) is 0 Å². The summed E-state index contributed by atoms with van der Waals surface area (Å²) >= 11 is 0. The number of aryl methyl sites for hydroxylation is 1. The fraction of sp³-hybridized carbons (Fsp3) is 0.312. The van der Waals surface area contributed by atoms with Crippen molar-refractivity contribution >= 4 is 23.5 Å². The smallest absolute Gasteiger partial charge is 0.261 e. The molecule has 0 N–H and O–H groups in total. The van der Waals surface area contributed by atoms with E-state index in [0.717, 1.165) is 12.8 Å². The van der Waals surface area contributed by atoms with Crippen molar-refractivity contribution in [2.24, 2.45) is 0 Å². The van der Waals surface area contributed by atoms with Gasteiger partial charge in [-0.15, -0.1) is 0 Å². The Morgan fingerprint density at radius 3 is 2.14 bits per heavy atom. The van der Waals surface area contributed by atoms with Crippen molar-refractivity contribution < 1.29 is 19.5 Å². The molecular formula is C16H14NO4-. The summed E-state index contributed by atoms with van der Waals surface area (Å²) < 4.78 is 0. The van der Waals surface area contributed by atoms with Gasteiger partial charge >= 0.3 is 0 Å². The number of carbonyl (C=O) groups excluding carboxylic acids is 3. The van der Waals surface area contributed by atoms with Crippen LogP contribution < -0.4 is 10.0 Å². The molecule has 108 valence electrons. The highest BCUT2D eigenvalue weighted by Gasteiger charge is 2.40. The van der Waals surface area contributed by atoms with Gasteiger partial charge in [0.25, 0.3) is 11.8 Å². The SMILES string of the molecule is Cc1cc(C(=O)[O-])ccc1N1C(=O)C2=C(CCCC2)C1=O. The third-order valence-corrected chi connectivity index (χ3v) is 4.06. The number of carboxylic acids is 1. The van der Waals surface area contributed by atoms with E-state index >= 15 is 0 Å². The number of carbonyl (C=O) groups is 3. The second kappa shape index (κ2) is 4.84. The molecule has 21 heavy (non-hydrogen) atoms. The molecule has 0 radical (unpaired) electrons.